The van der Waals surface area contributed by atoms with Gasteiger partial charge in [-0.05, 0) is 136 Å². The Morgan fingerprint density at radius 2 is 1.14 bits per heavy atom. The van der Waals surface area contributed by atoms with Crippen molar-refractivity contribution in [2.24, 2.45) is 23.7 Å². The third-order valence-corrected chi connectivity index (χ3v) is 15.8. The molecule has 2 aromatic heterocycles. The normalized spacial score (nSPS) is 22.8. The third kappa shape index (κ3) is 4.76. The minimum atomic E-state index is 0.0316. The van der Waals surface area contributed by atoms with E-state index in [0.717, 1.165) is 39.9 Å². The van der Waals surface area contributed by atoms with Gasteiger partial charge in [-0.3, -0.25) is 0 Å². The van der Waals surface area contributed by atoms with Gasteiger partial charge in [-0.1, -0.05) is 122 Å². The lowest BCUT2D eigenvalue weighted by molar-refractivity contribution is -0.0320. The molecule has 3 bridgehead atoms. The van der Waals surface area contributed by atoms with Crippen molar-refractivity contribution in [2.75, 3.05) is 0 Å². The predicted octanol–water partition coefficient (Wildman–Crippen LogP) is 14.2. The van der Waals surface area contributed by atoms with Crippen molar-refractivity contribution in [3.8, 4) is 56.4 Å². The summed E-state index contributed by atoms with van der Waals surface area (Å²) in [6.07, 6.45) is 8.22. The van der Waals surface area contributed by atoms with Crippen LogP contribution < -0.4 is 0 Å². The zero-order valence-electron chi connectivity index (χ0n) is 32.2. The summed E-state index contributed by atoms with van der Waals surface area (Å²) in [6.45, 7) is 0. The van der Waals surface area contributed by atoms with Crippen molar-refractivity contribution in [1.82, 2.24) is 15.0 Å². The fourth-order valence-corrected chi connectivity index (χ4v) is 13.5. The highest BCUT2D eigenvalue weighted by molar-refractivity contribution is 7.25. The minimum Gasteiger partial charge on any atom is -0.208 e. The smallest absolute Gasteiger partial charge is 0.164 e. The molecule has 3 saturated carbocycles. The van der Waals surface area contributed by atoms with Gasteiger partial charge in [0.25, 0.3) is 0 Å². The SMILES string of the molecule is c1ccc(-c2nc(-c3cccc(-c4cccc5sc6ccccc6c45)c3)nc(-c3ccc4c(c3)C3(c5cc6ccccc6cc5-4)C4CCC5CCC(C4)CC53)n2)cc1. The molecular formula is C54H41N3S. The molecule has 3 nitrogen and oxygen atoms in total. The van der Waals surface area contributed by atoms with Crippen LogP contribution in [0.15, 0.2) is 152 Å². The van der Waals surface area contributed by atoms with Crippen molar-refractivity contribution in [3.63, 3.8) is 0 Å². The average Bonchev–Trinajstić information content (AvgIpc) is 3.79. The van der Waals surface area contributed by atoms with E-state index in [1.54, 1.807) is 5.56 Å². The molecule has 0 amide bonds. The van der Waals surface area contributed by atoms with Crippen LogP contribution in [-0.4, -0.2) is 15.0 Å². The summed E-state index contributed by atoms with van der Waals surface area (Å²) in [4.78, 5) is 15.9. The molecule has 7 aromatic carbocycles. The number of aromatic nitrogens is 3. The van der Waals surface area contributed by atoms with Crippen molar-refractivity contribution in [2.45, 2.75) is 43.9 Å². The van der Waals surface area contributed by atoms with Crippen LogP contribution in [0.5, 0.6) is 0 Å². The van der Waals surface area contributed by atoms with Gasteiger partial charge in [0.1, 0.15) is 0 Å². The van der Waals surface area contributed by atoms with Crippen molar-refractivity contribution in [3.05, 3.63) is 163 Å². The van der Waals surface area contributed by atoms with Gasteiger partial charge in [0, 0.05) is 42.3 Å². The number of fused-ring (bicyclic) bond motifs is 8. The van der Waals surface area contributed by atoms with E-state index in [4.69, 9.17) is 15.0 Å². The maximum absolute atomic E-state index is 5.38. The topological polar surface area (TPSA) is 38.7 Å². The Bertz CT molecular complexity index is 3120. The highest BCUT2D eigenvalue weighted by atomic mass is 32.1. The first-order valence-electron chi connectivity index (χ1n) is 21.2. The summed E-state index contributed by atoms with van der Waals surface area (Å²) in [7, 11) is 0. The summed E-state index contributed by atoms with van der Waals surface area (Å²) >= 11 is 1.86. The van der Waals surface area contributed by atoms with E-state index < -0.39 is 0 Å². The van der Waals surface area contributed by atoms with Crippen LogP contribution in [0.3, 0.4) is 0 Å². The van der Waals surface area contributed by atoms with Gasteiger partial charge in [-0.25, -0.2) is 15.0 Å². The van der Waals surface area contributed by atoms with Crippen molar-refractivity contribution < 1.29 is 0 Å². The molecule has 3 fully saturated rings. The molecule has 1 spiro atoms. The number of hydrogen-bond donors (Lipinski definition) is 0. The van der Waals surface area contributed by atoms with E-state index in [0.29, 0.717) is 23.5 Å². The Morgan fingerprint density at radius 3 is 2.02 bits per heavy atom. The highest BCUT2D eigenvalue weighted by Gasteiger charge is 2.61. The van der Waals surface area contributed by atoms with Crippen molar-refractivity contribution in [1.29, 1.82) is 0 Å². The molecule has 0 aliphatic heterocycles. The van der Waals surface area contributed by atoms with Gasteiger partial charge in [0.15, 0.2) is 17.5 Å². The first-order chi connectivity index (χ1) is 28.7. The highest BCUT2D eigenvalue weighted by Crippen LogP contribution is 2.69. The van der Waals surface area contributed by atoms with E-state index in [1.165, 1.54) is 91.7 Å². The van der Waals surface area contributed by atoms with Gasteiger partial charge in [0.05, 0.1) is 0 Å². The molecule has 278 valence electrons. The van der Waals surface area contributed by atoms with Crippen LogP contribution in [-0.2, 0) is 5.41 Å². The molecule has 4 aliphatic rings. The molecule has 4 heteroatoms. The molecule has 13 rings (SSSR count). The monoisotopic (exact) mass is 763 g/mol. The zero-order valence-corrected chi connectivity index (χ0v) is 33.1. The average molecular weight is 764 g/mol. The summed E-state index contributed by atoms with van der Waals surface area (Å²) in [6, 6.07) is 55.9. The molecule has 5 atom stereocenters. The Balaban J connectivity index is 1.00. The molecule has 5 unspecified atom stereocenters. The second-order valence-corrected chi connectivity index (χ2v) is 18.5. The molecule has 2 heterocycles. The Hall–Kier alpha value is -5.97. The zero-order chi connectivity index (χ0) is 38.0. The summed E-state index contributed by atoms with van der Waals surface area (Å²) in [5, 5.41) is 5.30. The molecule has 58 heavy (non-hydrogen) atoms. The largest absolute Gasteiger partial charge is 0.208 e. The van der Waals surface area contributed by atoms with Crippen LogP contribution in [0.2, 0.25) is 0 Å². The van der Waals surface area contributed by atoms with Crippen LogP contribution in [0, 0.1) is 23.7 Å². The molecule has 0 saturated heterocycles. The molecule has 0 N–H and O–H groups in total. The standard InChI is InChI=1S/C54H41N3S/c1-2-10-34(11-3-1)51-55-52(38-15-8-14-37(28-38)41-17-9-19-49-50(41)43-16-6-7-18-48(43)58-49)57-53(56-51)39-23-25-42-44-29-35-12-4-5-13-36(35)30-47(44)54(46(42)31-39)40-24-22-33-21-20-32(26-40)27-45(33)54/h1-19,23,25,28-33,40,45H,20-22,24,26-27H2. The fourth-order valence-electron chi connectivity index (χ4n) is 12.3. The number of hydrogen-bond acceptors (Lipinski definition) is 4. The van der Waals surface area contributed by atoms with E-state index in [-0.39, 0.29) is 5.41 Å². The third-order valence-electron chi connectivity index (χ3n) is 14.7. The Kier molecular flexibility index (Phi) is 7.13. The quantitative estimate of drug-likeness (QED) is 0.179. The summed E-state index contributed by atoms with van der Waals surface area (Å²) < 4.78 is 2.62. The molecule has 4 aliphatic carbocycles. The van der Waals surface area contributed by atoms with E-state index in [2.05, 4.69) is 152 Å². The lowest BCUT2D eigenvalue weighted by Crippen LogP contribution is -2.55. The maximum atomic E-state index is 5.38. The van der Waals surface area contributed by atoms with Gasteiger partial charge >= 0.3 is 0 Å². The first kappa shape index (κ1) is 33.0. The molecule has 0 radical (unpaired) electrons. The van der Waals surface area contributed by atoms with Crippen LogP contribution in [0.25, 0.3) is 87.4 Å². The lowest BCUT2D eigenvalue weighted by Gasteiger charge is -2.60. The predicted molar refractivity (Wildman–Crippen MR) is 240 cm³/mol. The van der Waals surface area contributed by atoms with Gasteiger partial charge in [-0.2, -0.15) is 0 Å². The Labute approximate surface area is 342 Å². The van der Waals surface area contributed by atoms with Crippen LogP contribution in [0.4, 0.5) is 0 Å². The first-order valence-corrected chi connectivity index (χ1v) is 22.0. The van der Waals surface area contributed by atoms with E-state index in [9.17, 15) is 0 Å². The van der Waals surface area contributed by atoms with Crippen LogP contribution >= 0.6 is 11.3 Å². The van der Waals surface area contributed by atoms with Gasteiger partial charge < -0.3 is 0 Å². The molecular weight excluding hydrogens is 723 g/mol. The van der Waals surface area contributed by atoms with Gasteiger partial charge in [0.2, 0.25) is 0 Å². The van der Waals surface area contributed by atoms with E-state index >= 15 is 0 Å². The molecule has 9 aromatic rings. The number of thiophene rings is 1. The van der Waals surface area contributed by atoms with Crippen LogP contribution in [0.1, 0.15) is 49.7 Å². The minimum absolute atomic E-state index is 0.0316. The second kappa shape index (κ2) is 12.5. The maximum Gasteiger partial charge on any atom is 0.164 e. The van der Waals surface area contributed by atoms with Gasteiger partial charge in [-0.15, -0.1) is 11.3 Å². The summed E-state index contributed by atoms with van der Waals surface area (Å²) in [5.41, 5.74) is 11.5. The number of nitrogens with zero attached hydrogens (tertiary/aromatic N) is 3. The van der Waals surface area contributed by atoms with Crippen molar-refractivity contribution >= 4 is 42.3 Å². The number of benzene rings is 7. The second-order valence-electron chi connectivity index (χ2n) is 17.5. The lowest BCUT2D eigenvalue weighted by atomic mass is 9.43. The number of rotatable bonds is 4. The Morgan fingerprint density at radius 1 is 0.466 bits per heavy atom. The fraction of sp³-hybridized carbons (Fsp3) is 0.204. The van der Waals surface area contributed by atoms with E-state index in [1.807, 2.05) is 11.3 Å². The summed E-state index contributed by atoms with van der Waals surface area (Å²) in [5.74, 6) is 5.14.